The van der Waals surface area contributed by atoms with Crippen molar-refractivity contribution in [1.82, 2.24) is 0 Å². The Morgan fingerprint density at radius 1 is 1.47 bits per heavy atom. The van der Waals surface area contributed by atoms with E-state index in [-0.39, 0.29) is 11.2 Å². The first-order valence-corrected chi connectivity index (χ1v) is 5.63. The van der Waals surface area contributed by atoms with Crippen molar-refractivity contribution in [3.05, 3.63) is 34.1 Å². The minimum Gasteiger partial charge on any atom is -0.330 e. The van der Waals surface area contributed by atoms with E-state index in [4.69, 9.17) is 17.3 Å². The number of halogens is 2. The highest BCUT2D eigenvalue weighted by Crippen LogP contribution is 2.44. The minimum atomic E-state index is -0.165. The van der Waals surface area contributed by atoms with Crippen LogP contribution >= 0.6 is 11.6 Å². The molecule has 1 aliphatic rings. The lowest BCUT2D eigenvalue weighted by molar-refractivity contribution is 0.244. The van der Waals surface area contributed by atoms with Gasteiger partial charge in [-0.15, -0.1) is 0 Å². The third-order valence-corrected chi connectivity index (χ3v) is 3.93. The van der Waals surface area contributed by atoms with Crippen LogP contribution in [0.2, 0.25) is 5.02 Å². The number of hydrogen-bond acceptors (Lipinski definition) is 1. The second-order valence-corrected chi connectivity index (χ2v) is 4.83. The minimum absolute atomic E-state index is 0.151. The summed E-state index contributed by atoms with van der Waals surface area (Å²) in [6.07, 6.45) is 3.07. The summed E-state index contributed by atoms with van der Waals surface area (Å²) in [6.45, 7) is 2.31. The van der Waals surface area contributed by atoms with Crippen LogP contribution in [0.3, 0.4) is 0 Å². The van der Waals surface area contributed by atoms with E-state index in [0.717, 1.165) is 24.8 Å². The Balaban J connectivity index is 2.47. The topological polar surface area (TPSA) is 26.0 Å². The molecule has 15 heavy (non-hydrogen) atoms. The van der Waals surface area contributed by atoms with Crippen LogP contribution in [0.4, 0.5) is 4.39 Å². The van der Waals surface area contributed by atoms with Crippen molar-refractivity contribution in [2.24, 2.45) is 5.73 Å². The van der Waals surface area contributed by atoms with Gasteiger partial charge >= 0.3 is 0 Å². The summed E-state index contributed by atoms with van der Waals surface area (Å²) in [7, 11) is 0. The molecule has 0 unspecified atom stereocenters. The first-order chi connectivity index (χ1) is 7.09. The SMILES string of the molecule is Cc1cc(F)c(C2(CN)CCC2)cc1Cl. The van der Waals surface area contributed by atoms with Crippen LogP contribution in [0.15, 0.2) is 12.1 Å². The van der Waals surface area contributed by atoms with Crippen LogP contribution in [0, 0.1) is 12.7 Å². The first-order valence-electron chi connectivity index (χ1n) is 5.25. The standard InChI is InChI=1S/C12H15ClFN/c1-8-5-11(14)9(6-10(8)13)12(7-15)3-2-4-12/h5-6H,2-4,7,15H2,1H3. The number of hydrogen-bond donors (Lipinski definition) is 1. The van der Waals surface area contributed by atoms with Crippen molar-refractivity contribution in [3.8, 4) is 0 Å². The van der Waals surface area contributed by atoms with Gasteiger partial charge in [0.15, 0.2) is 0 Å². The molecule has 0 atom stereocenters. The monoisotopic (exact) mass is 227 g/mol. The number of nitrogens with two attached hydrogens (primary N) is 1. The van der Waals surface area contributed by atoms with Gasteiger partial charge < -0.3 is 5.73 Å². The van der Waals surface area contributed by atoms with E-state index in [1.54, 1.807) is 6.07 Å². The third-order valence-electron chi connectivity index (χ3n) is 3.52. The van der Waals surface area contributed by atoms with Crippen molar-refractivity contribution in [2.45, 2.75) is 31.6 Å². The summed E-state index contributed by atoms with van der Waals surface area (Å²) in [6, 6.07) is 3.26. The molecule has 2 N–H and O–H groups in total. The Hall–Kier alpha value is -0.600. The van der Waals surface area contributed by atoms with Gasteiger partial charge in [0.25, 0.3) is 0 Å². The summed E-state index contributed by atoms with van der Waals surface area (Å²) in [4.78, 5) is 0. The van der Waals surface area contributed by atoms with Gasteiger partial charge in [-0.3, -0.25) is 0 Å². The van der Waals surface area contributed by atoms with Crippen LogP contribution in [0.1, 0.15) is 30.4 Å². The van der Waals surface area contributed by atoms with Crippen LogP contribution in [0.5, 0.6) is 0 Å². The Bertz CT molecular complexity index is 380. The zero-order chi connectivity index (χ0) is 11.1. The van der Waals surface area contributed by atoms with Crippen LogP contribution in [0.25, 0.3) is 0 Å². The maximum Gasteiger partial charge on any atom is 0.127 e. The van der Waals surface area contributed by atoms with Gasteiger partial charge in [-0.1, -0.05) is 18.0 Å². The van der Waals surface area contributed by atoms with Gasteiger partial charge in [-0.05, 0) is 43.0 Å². The Morgan fingerprint density at radius 2 is 2.13 bits per heavy atom. The van der Waals surface area contributed by atoms with Gasteiger partial charge in [-0.2, -0.15) is 0 Å². The van der Waals surface area contributed by atoms with Gasteiger partial charge in [0.2, 0.25) is 0 Å². The molecule has 0 saturated heterocycles. The zero-order valence-corrected chi connectivity index (χ0v) is 9.57. The molecule has 0 bridgehead atoms. The second kappa shape index (κ2) is 3.76. The van der Waals surface area contributed by atoms with Crippen molar-refractivity contribution in [3.63, 3.8) is 0 Å². The maximum absolute atomic E-state index is 13.8. The molecule has 1 saturated carbocycles. The van der Waals surface area contributed by atoms with E-state index < -0.39 is 0 Å². The van der Waals surface area contributed by atoms with Crippen molar-refractivity contribution < 1.29 is 4.39 Å². The fourth-order valence-electron chi connectivity index (χ4n) is 2.24. The summed E-state index contributed by atoms with van der Waals surface area (Å²) < 4.78 is 13.8. The van der Waals surface area contributed by atoms with Gasteiger partial charge in [-0.25, -0.2) is 4.39 Å². The smallest absolute Gasteiger partial charge is 0.127 e. The first kappa shape index (κ1) is 10.9. The van der Waals surface area contributed by atoms with Gasteiger partial charge in [0.05, 0.1) is 0 Å². The molecule has 1 aromatic rings. The highest BCUT2D eigenvalue weighted by Gasteiger charge is 2.39. The lowest BCUT2D eigenvalue weighted by Crippen LogP contribution is -2.42. The summed E-state index contributed by atoms with van der Waals surface area (Å²) in [5.41, 5.74) is 7.08. The zero-order valence-electron chi connectivity index (χ0n) is 8.82. The normalized spacial score (nSPS) is 18.7. The van der Waals surface area contributed by atoms with E-state index in [1.807, 2.05) is 6.92 Å². The van der Waals surface area contributed by atoms with Crippen LogP contribution < -0.4 is 5.73 Å². The molecule has 0 heterocycles. The molecule has 1 aromatic carbocycles. The van der Waals surface area contributed by atoms with Crippen molar-refractivity contribution in [2.75, 3.05) is 6.54 Å². The lowest BCUT2D eigenvalue weighted by atomic mass is 9.64. The predicted molar refractivity (Wildman–Crippen MR) is 60.7 cm³/mol. The second-order valence-electron chi connectivity index (χ2n) is 4.42. The Morgan fingerprint density at radius 3 is 2.60 bits per heavy atom. The van der Waals surface area contributed by atoms with E-state index in [1.165, 1.54) is 6.07 Å². The van der Waals surface area contributed by atoms with Crippen molar-refractivity contribution in [1.29, 1.82) is 0 Å². The molecular formula is C12H15ClFN. The molecule has 0 aromatic heterocycles. The van der Waals surface area contributed by atoms with Crippen LogP contribution in [-0.2, 0) is 5.41 Å². The number of benzene rings is 1. The van der Waals surface area contributed by atoms with E-state index in [2.05, 4.69) is 0 Å². The van der Waals surface area contributed by atoms with Gasteiger partial charge in [0.1, 0.15) is 5.82 Å². The Labute approximate surface area is 94.4 Å². The Kier molecular flexibility index (Phi) is 2.73. The fourth-order valence-corrected chi connectivity index (χ4v) is 2.40. The quantitative estimate of drug-likeness (QED) is 0.825. The molecule has 1 fully saturated rings. The predicted octanol–water partition coefficient (Wildman–Crippen LogP) is 3.17. The average molecular weight is 228 g/mol. The third kappa shape index (κ3) is 1.66. The van der Waals surface area contributed by atoms with E-state index in [0.29, 0.717) is 17.1 Å². The molecule has 0 radical (unpaired) electrons. The summed E-state index contributed by atoms with van der Waals surface area (Å²) in [5, 5.41) is 0.631. The van der Waals surface area contributed by atoms with E-state index >= 15 is 0 Å². The molecule has 1 aliphatic carbocycles. The molecule has 3 heteroatoms. The van der Waals surface area contributed by atoms with Crippen molar-refractivity contribution >= 4 is 11.6 Å². The molecule has 82 valence electrons. The van der Waals surface area contributed by atoms with Crippen LogP contribution in [-0.4, -0.2) is 6.54 Å². The highest BCUT2D eigenvalue weighted by molar-refractivity contribution is 6.31. The fraction of sp³-hybridized carbons (Fsp3) is 0.500. The summed E-state index contributed by atoms with van der Waals surface area (Å²) in [5.74, 6) is -0.165. The van der Waals surface area contributed by atoms with Gasteiger partial charge in [0, 0.05) is 17.0 Å². The molecule has 0 amide bonds. The molecule has 1 nitrogen and oxygen atoms in total. The molecular weight excluding hydrogens is 213 g/mol. The number of aryl methyl sites for hydroxylation is 1. The molecule has 2 rings (SSSR count). The average Bonchev–Trinajstić information content (AvgIpc) is 2.12. The molecule has 0 spiro atoms. The number of rotatable bonds is 2. The summed E-state index contributed by atoms with van der Waals surface area (Å²) >= 11 is 6.02. The van der Waals surface area contributed by atoms with E-state index in [9.17, 15) is 4.39 Å². The highest BCUT2D eigenvalue weighted by atomic mass is 35.5. The lowest BCUT2D eigenvalue weighted by Gasteiger charge is -2.41. The maximum atomic E-state index is 13.8. The largest absolute Gasteiger partial charge is 0.330 e. The molecule has 0 aliphatic heterocycles.